The maximum atomic E-state index is 11.9. The van der Waals surface area contributed by atoms with Crippen LogP contribution < -0.4 is 11.1 Å². The molecule has 0 aromatic carbocycles. The third-order valence-corrected chi connectivity index (χ3v) is 3.65. The Morgan fingerprint density at radius 2 is 2.15 bits per heavy atom. The highest BCUT2D eigenvalue weighted by molar-refractivity contribution is 5.87. The molecule has 1 aliphatic rings. The van der Waals surface area contributed by atoms with Gasteiger partial charge >= 0.3 is 0 Å². The standard InChI is InChI=1S/C14H27N3O3/c1-10(2)13(15)14(19)16-7-12(18)17(3)8-11-5-4-6-20-9-11/h10-11,13H,4-9,15H2,1-3H3,(H,16,19)/t11?,13-/m0/s1. The van der Waals surface area contributed by atoms with Crippen molar-refractivity contribution in [2.75, 3.05) is 33.4 Å². The molecule has 1 heterocycles. The van der Waals surface area contributed by atoms with Gasteiger partial charge in [0.2, 0.25) is 11.8 Å². The van der Waals surface area contributed by atoms with Crippen LogP contribution in [0.5, 0.6) is 0 Å². The lowest BCUT2D eigenvalue weighted by Gasteiger charge is -2.27. The molecule has 1 unspecified atom stereocenters. The van der Waals surface area contributed by atoms with Crippen molar-refractivity contribution in [1.82, 2.24) is 10.2 Å². The van der Waals surface area contributed by atoms with Crippen LogP contribution in [0.2, 0.25) is 0 Å². The van der Waals surface area contributed by atoms with Crippen LogP contribution in [0.15, 0.2) is 0 Å². The molecule has 1 rings (SSSR count). The third kappa shape index (κ3) is 5.46. The smallest absolute Gasteiger partial charge is 0.241 e. The normalized spacial score (nSPS) is 20.6. The van der Waals surface area contributed by atoms with Crippen molar-refractivity contribution < 1.29 is 14.3 Å². The Bertz CT molecular complexity index is 328. The van der Waals surface area contributed by atoms with Crippen LogP contribution in [0.25, 0.3) is 0 Å². The van der Waals surface area contributed by atoms with Gasteiger partial charge in [-0.25, -0.2) is 0 Å². The Morgan fingerprint density at radius 3 is 2.70 bits per heavy atom. The maximum absolute atomic E-state index is 11.9. The number of hydrogen-bond acceptors (Lipinski definition) is 4. The van der Waals surface area contributed by atoms with Crippen molar-refractivity contribution in [2.24, 2.45) is 17.6 Å². The van der Waals surface area contributed by atoms with E-state index in [1.165, 1.54) is 0 Å². The monoisotopic (exact) mass is 285 g/mol. The van der Waals surface area contributed by atoms with E-state index >= 15 is 0 Å². The molecule has 0 saturated carbocycles. The summed E-state index contributed by atoms with van der Waals surface area (Å²) >= 11 is 0. The molecule has 1 aliphatic heterocycles. The van der Waals surface area contributed by atoms with Gasteiger partial charge in [0, 0.05) is 20.2 Å². The zero-order valence-electron chi connectivity index (χ0n) is 12.7. The van der Waals surface area contributed by atoms with Crippen molar-refractivity contribution in [3.63, 3.8) is 0 Å². The summed E-state index contributed by atoms with van der Waals surface area (Å²) in [6.07, 6.45) is 2.13. The Balaban J connectivity index is 2.29. The molecule has 6 nitrogen and oxygen atoms in total. The van der Waals surface area contributed by atoms with Gasteiger partial charge in [0.05, 0.1) is 19.2 Å². The highest BCUT2D eigenvalue weighted by atomic mass is 16.5. The molecule has 20 heavy (non-hydrogen) atoms. The first-order valence-corrected chi connectivity index (χ1v) is 7.26. The molecule has 0 radical (unpaired) electrons. The van der Waals surface area contributed by atoms with Crippen molar-refractivity contribution >= 4 is 11.8 Å². The van der Waals surface area contributed by atoms with Gasteiger partial charge in [0.25, 0.3) is 0 Å². The molecule has 0 aromatic rings. The van der Waals surface area contributed by atoms with Gasteiger partial charge in [-0.3, -0.25) is 9.59 Å². The topological polar surface area (TPSA) is 84.7 Å². The molecule has 6 heteroatoms. The van der Waals surface area contributed by atoms with E-state index in [-0.39, 0.29) is 24.3 Å². The van der Waals surface area contributed by atoms with Gasteiger partial charge in [-0.2, -0.15) is 0 Å². The van der Waals surface area contributed by atoms with Crippen molar-refractivity contribution in [1.29, 1.82) is 0 Å². The second-order valence-corrected chi connectivity index (χ2v) is 5.85. The average molecular weight is 285 g/mol. The zero-order valence-corrected chi connectivity index (χ0v) is 12.7. The van der Waals surface area contributed by atoms with E-state index < -0.39 is 6.04 Å². The number of hydrogen-bond donors (Lipinski definition) is 2. The lowest BCUT2D eigenvalue weighted by molar-refractivity contribution is -0.133. The summed E-state index contributed by atoms with van der Waals surface area (Å²) in [7, 11) is 1.76. The summed E-state index contributed by atoms with van der Waals surface area (Å²) < 4.78 is 5.39. The van der Waals surface area contributed by atoms with Gasteiger partial charge in [-0.15, -0.1) is 0 Å². The summed E-state index contributed by atoms with van der Waals surface area (Å²) in [5.74, 6) is 0.0798. The van der Waals surface area contributed by atoms with E-state index in [0.29, 0.717) is 19.1 Å². The molecule has 0 spiro atoms. The van der Waals surface area contributed by atoms with E-state index in [1.54, 1.807) is 11.9 Å². The number of nitrogens with zero attached hydrogens (tertiary/aromatic N) is 1. The Hall–Kier alpha value is -1.14. The van der Waals surface area contributed by atoms with Crippen LogP contribution in [0.3, 0.4) is 0 Å². The molecule has 3 N–H and O–H groups in total. The average Bonchev–Trinajstić information content (AvgIpc) is 2.44. The van der Waals surface area contributed by atoms with Crippen LogP contribution in [-0.4, -0.2) is 56.1 Å². The van der Waals surface area contributed by atoms with E-state index in [2.05, 4.69) is 5.32 Å². The first-order chi connectivity index (χ1) is 9.41. The largest absolute Gasteiger partial charge is 0.381 e. The van der Waals surface area contributed by atoms with E-state index in [1.807, 2.05) is 13.8 Å². The molecule has 0 aromatic heterocycles. The lowest BCUT2D eigenvalue weighted by Crippen LogP contribution is -2.48. The van der Waals surface area contributed by atoms with Crippen molar-refractivity contribution in [3.8, 4) is 0 Å². The summed E-state index contributed by atoms with van der Waals surface area (Å²) in [5, 5.41) is 2.60. The molecule has 1 fully saturated rings. The molecule has 1 saturated heterocycles. The number of likely N-dealkylation sites (N-methyl/N-ethyl adjacent to an activating group) is 1. The fourth-order valence-corrected chi connectivity index (χ4v) is 2.16. The predicted molar refractivity (Wildman–Crippen MR) is 77.0 cm³/mol. The molecule has 2 amide bonds. The van der Waals surface area contributed by atoms with Crippen molar-refractivity contribution in [2.45, 2.75) is 32.7 Å². The summed E-state index contributed by atoms with van der Waals surface area (Å²) in [6, 6.07) is -0.570. The van der Waals surface area contributed by atoms with Crippen LogP contribution in [-0.2, 0) is 14.3 Å². The Labute approximate surface area is 121 Å². The molecule has 2 atom stereocenters. The highest BCUT2D eigenvalue weighted by Crippen LogP contribution is 2.14. The first-order valence-electron chi connectivity index (χ1n) is 7.26. The lowest BCUT2D eigenvalue weighted by atomic mass is 10.0. The van der Waals surface area contributed by atoms with Crippen LogP contribution in [0.1, 0.15) is 26.7 Å². The second kappa shape index (κ2) is 8.21. The predicted octanol–water partition coefficient (Wildman–Crippen LogP) is -0.0291. The van der Waals surface area contributed by atoms with E-state index in [4.69, 9.17) is 10.5 Å². The highest BCUT2D eigenvalue weighted by Gasteiger charge is 2.21. The summed E-state index contributed by atoms with van der Waals surface area (Å²) in [4.78, 5) is 25.3. The summed E-state index contributed by atoms with van der Waals surface area (Å²) in [5.41, 5.74) is 5.72. The quantitative estimate of drug-likeness (QED) is 0.718. The zero-order chi connectivity index (χ0) is 15.1. The molecule has 0 bridgehead atoms. The SMILES string of the molecule is CC(C)[C@H](N)C(=O)NCC(=O)N(C)CC1CCCOC1. The number of ether oxygens (including phenoxy) is 1. The Kier molecular flexibility index (Phi) is 6.95. The number of carbonyl (C=O) groups is 2. The van der Waals surface area contributed by atoms with E-state index in [9.17, 15) is 9.59 Å². The summed E-state index contributed by atoms with van der Waals surface area (Å²) in [6.45, 7) is 5.95. The molecule has 0 aliphatic carbocycles. The second-order valence-electron chi connectivity index (χ2n) is 5.85. The molecular formula is C14H27N3O3. The van der Waals surface area contributed by atoms with E-state index in [0.717, 1.165) is 19.4 Å². The van der Waals surface area contributed by atoms with Crippen molar-refractivity contribution in [3.05, 3.63) is 0 Å². The van der Waals surface area contributed by atoms with Gasteiger partial charge in [0.1, 0.15) is 0 Å². The van der Waals surface area contributed by atoms with Gasteiger partial charge < -0.3 is 20.7 Å². The fourth-order valence-electron chi connectivity index (χ4n) is 2.16. The van der Waals surface area contributed by atoms with Gasteiger partial charge in [-0.05, 0) is 24.7 Å². The number of carbonyl (C=O) groups excluding carboxylic acids is 2. The maximum Gasteiger partial charge on any atom is 0.241 e. The minimum absolute atomic E-state index is 0.00330. The minimum atomic E-state index is -0.570. The number of nitrogens with one attached hydrogen (secondary N) is 1. The molecular weight excluding hydrogens is 258 g/mol. The first kappa shape index (κ1) is 16.9. The number of amides is 2. The van der Waals surface area contributed by atoms with Crippen LogP contribution >= 0.6 is 0 Å². The Morgan fingerprint density at radius 1 is 1.45 bits per heavy atom. The van der Waals surface area contributed by atoms with Crippen LogP contribution in [0.4, 0.5) is 0 Å². The van der Waals surface area contributed by atoms with Gasteiger partial charge in [-0.1, -0.05) is 13.8 Å². The van der Waals surface area contributed by atoms with Gasteiger partial charge in [0.15, 0.2) is 0 Å². The number of rotatable bonds is 6. The van der Waals surface area contributed by atoms with Crippen LogP contribution in [0, 0.1) is 11.8 Å². The number of nitrogens with two attached hydrogens (primary N) is 1. The minimum Gasteiger partial charge on any atom is -0.381 e. The fraction of sp³-hybridized carbons (Fsp3) is 0.857. The molecule has 116 valence electrons. The third-order valence-electron chi connectivity index (χ3n) is 3.65.